The van der Waals surface area contributed by atoms with Gasteiger partial charge >= 0.3 is 0 Å². The zero-order valence-corrected chi connectivity index (χ0v) is 19.7. The Morgan fingerprint density at radius 2 is 1.69 bits per heavy atom. The number of hydrogen-bond donors (Lipinski definition) is 0. The number of aromatic nitrogens is 3. The summed E-state index contributed by atoms with van der Waals surface area (Å²) in [5.41, 5.74) is 8.46. The van der Waals surface area contributed by atoms with Gasteiger partial charge in [0.25, 0.3) is 0 Å². The van der Waals surface area contributed by atoms with Crippen LogP contribution in [0.2, 0.25) is 0 Å². The maximum atomic E-state index is 5.19. The van der Waals surface area contributed by atoms with Crippen LogP contribution in [0, 0.1) is 5.92 Å². The predicted octanol–water partition coefficient (Wildman–Crippen LogP) is 3.07. The van der Waals surface area contributed by atoms with Crippen LogP contribution in [-0.2, 0) is 0 Å². The van der Waals surface area contributed by atoms with Crippen LogP contribution in [0.15, 0.2) is 96.6 Å². The maximum Gasteiger partial charge on any atom is 0.121 e. The lowest BCUT2D eigenvalue weighted by atomic mass is 8.76. The molecule has 2 unspecified atom stereocenters. The molecule has 0 saturated heterocycles. The van der Waals surface area contributed by atoms with Crippen LogP contribution in [-0.4, -0.2) is 65.8 Å². The first kappa shape index (κ1) is 23.2. The fraction of sp³-hybridized carbons (Fsp3) is 0.0769. The standard InChI is InChI=1S/C26H17N3.B7/c1-2-7-17-16(6-1)12-14-23-26(17)28-29(27-23)24-15-13-21-19-9-4-3-8-18(19)20-10-5-11-22(24)25(20)21;1-5-7(4)6(2)3/h1-15,21,25H;. The molecule has 10 heteroatoms. The van der Waals surface area contributed by atoms with Gasteiger partial charge in [-0.05, 0) is 39.8 Å². The molecule has 3 aliphatic rings. The third-order valence-electron chi connectivity index (χ3n) is 7.13. The summed E-state index contributed by atoms with van der Waals surface area (Å²) in [6.07, 6.45) is 10.3. The molecule has 3 aromatic carbocycles. The van der Waals surface area contributed by atoms with Gasteiger partial charge < -0.3 is 0 Å². The van der Waals surface area contributed by atoms with Crippen molar-refractivity contribution >= 4 is 83.9 Å². The van der Waals surface area contributed by atoms with E-state index in [1.807, 2.05) is 4.80 Å². The molecule has 1 heterocycles. The van der Waals surface area contributed by atoms with E-state index >= 15 is 0 Å². The number of allylic oxidation sites excluding steroid dienone is 8. The third-order valence-corrected chi connectivity index (χ3v) is 7.13. The molecule has 0 saturated carbocycles. The van der Waals surface area contributed by atoms with Gasteiger partial charge in [-0.15, -0.1) is 10.2 Å². The van der Waals surface area contributed by atoms with Gasteiger partial charge in [0.05, 0.1) is 5.70 Å². The monoisotopic (exact) mass is 448 g/mol. The summed E-state index contributed by atoms with van der Waals surface area (Å²) in [6.45, 7) is 0. The summed E-state index contributed by atoms with van der Waals surface area (Å²) in [5, 5.41) is 12.1. The van der Waals surface area contributed by atoms with Crippen LogP contribution in [0.4, 0.5) is 0 Å². The molecule has 3 nitrogen and oxygen atoms in total. The molecule has 9 radical (unpaired) electrons. The van der Waals surface area contributed by atoms with E-state index in [0.717, 1.165) is 22.1 Å². The normalized spacial score (nSPS) is 18.8. The van der Waals surface area contributed by atoms with Crippen LogP contribution in [0.1, 0.15) is 17.0 Å². The lowest BCUT2D eigenvalue weighted by molar-refractivity contribution is 0.696. The molecule has 0 N–H and O–H groups in total. The van der Waals surface area contributed by atoms with Crippen molar-refractivity contribution in [2.45, 2.75) is 5.92 Å². The molecule has 0 fully saturated rings. The molecule has 157 valence electrons. The molecule has 36 heavy (non-hydrogen) atoms. The van der Waals surface area contributed by atoms with Crippen LogP contribution in [0.5, 0.6) is 0 Å². The second-order valence-corrected chi connectivity index (χ2v) is 9.26. The van der Waals surface area contributed by atoms with E-state index in [1.165, 1.54) is 34.7 Å². The zero-order valence-electron chi connectivity index (χ0n) is 19.7. The van der Waals surface area contributed by atoms with Crippen molar-refractivity contribution in [2.24, 2.45) is 5.92 Å². The van der Waals surface area contributed by atoms with E-state index in [1.54, 1.807) is 0 Å². The first-order valence-corrected chi connectivity index (χ1v) is 12.0. The highest BCUT2D eigenvalue weighted by Gasteiger charge is 2.40. The molecule has 4 aromatic rings. The van der Waals surface area contributed by atoms with Crippen molar-refractivity contribution in [2.75, 3.05) is 0 Å². The molecule has 0 bridgehead atoms. The quantitative estimate of drug-likeness (QED) is 0.453. The highest BCUT2D eigenvalue weighted by Crippen LogP contribution is 2.54. The smallest absolute Gasteiger partial charge is 0.121 e. The first-order valence-electron chi connectivity index (χ1n) is 12.0. The van der Waals surface area contributed by atoms with Crippen LogP contribution < -0.4 is 0 Å². The van der Waals surface area contributed by atoms with Crippen molar-refractivity contribution in [1.29, 1.82) is 0 Å². The second kappa shape index (κ2) is 9.31. The van der Waals surface area contributed by atoms with Crippen LogP contribution in [0.3, 0.4) is 0 Å². The van der Waals surface area contributed by atoms with Crippen LogP contribution in [0.25, 0.3) is 33.1 Å². The Labute approximate surface area is 218 Å². The summed E-state index contributed by atoms with van der Waals surface area (Å²) < 4.78 is 0. The summed E-state index contributed by atoms with van der Waals surface area (Å²) in [7, 11) is 21.6. The Morgan fingerprint density at radius 1 is 0.889 bits per heavy atom. The van der Waals surface area contributed by atoms with Crippen LogP contribution >= 0.6 is 0 Å². The number of benzene rings is 3. The lowest BCUT2D eigenvalue weighted by Gasteiger charge is -2.27. The van der Waals surface area contributed by atoms with Gasteiger partial charge in [0.1, 0.15) is 11.0 Å². The summed E-state index contributed by atoms with van der Waals surface area (Å²) in [6, 6.07) is 21.3. The highest BCUT2D eigenvalue weighted by molar-refractivity contribution is 7.81. The van der Waals surface area contributed by atoms with Gasteiger partial charge in [-0.25, -0.2) is 0 Å². The van der Waals surface area contributed by atoms with E-state index in [-0.39, 0.29) is 6.39 Å². The van der Waals surface area contributed by atoms with Gasteiger partial charge in [0, 0.05) is 68.0 Å². The van der Waals surface area contributed by atoms with E-state index in [2.05, 4.69) is 91.0 Å². The largest absolute Gasteiger partial charge is 0.150 e. The molecule has 0 spiro atoms. The molecule has 2 atom stereocenters. The topological polar surface area (TPSA) is 30.7 Å². The van der Waals surface area contributed by atoms with Crippen molar-refractivity contribution in [3.8, 4) is 0 Å². The Morgan fingerprint density at radius 3 is 2.50 bits per heavy atom. The predicted molar refractivity (Wildman–Crippen MR) is 157 cm³/mol. The third kappa shape index (κ3) is 3.78. The minimum atomic E-state index is -0.537. The van der Waals surface area contributed by atoms with Crippen molar-refractivity contribution < 1.29 is 0 Å². The van der Waals surface area contributed by atoms with Gasteiger partial charge in [0.15, 0.2) is 0 Å². The SMILES string of the molecule is C1=CC2=C(n3nc4ccc5ccccc5c4n3)C=CC3c4ccccc4C(=C1)C23.[B][B]B([B])B([B])[B]. The lowest BCUT2D eigenvalue weighted by Crippen LogP contribution is -2.43. The van der Waals surface area contributed by atoms with E-state index < -0.39 is 6.39 Å². The minimum Gasteiger partial charge on any atom is -0.150 e. The molecule has 0 amide bonds. The number of hydrogen-bond acceptors (Lipinski definition) is 2. The summed E-state index contributed by atoms with van der Waals surface area (Å²) in [5.74, 6) is 0.746. The minimum absolute atomic E-state index is 0.350. The molecular weight excluding hydrogens is 430 g/mol. The first-order chi connectivity index (χ1) is 17.6. The molecule has 3 aliphatic carbocycles. The summed E-state index contributed by atoms with van der Waals surface area (Å²) >= 11 is 0. The Bertz CT molecular complexity index is 1600. The van der Waals surface area contributed by atoms with E-state index in [0.29, 0.717) is 11.8 Å². The van der Waals surface area contributed by atoms with Crippen molar-refractivity contribution in [3.63, 3.8) is 0 Å². The summed E-state index contributed by atoms with van der Waals surface area (Å²) in [4.78, 5) is 1.83. The highest BCUT2D eigenvalue weighted by atomic mass is 15.5. The number of nitrogens with zero attached hydrogens (tertiary/aromatic N) is 3. The number of fused-ring (bicyclic) bond motifs is 6. The zero-order chi connectivity index (χ0) is 24.8. The second-order valence-electron chi connectivity index (χ2n) is 9.26. The molecular formula is C26H17B7N3. The average molecular weight is 447 g/mol. The maximum absolute atomic E-state index is 5.19. The van der Waals surface area contributed by atoms with E-state index in [9.17, 15) is 0 Å². The van der Waals surface area contributed by atoms with Gasteiger partial charge in [0.2, 0.25) is 0 Å². The molecule has 7 rings (SSSR count). The van der Waals surface area contributed by atoms with Gasteiger partial charge in [-0.3, -0.25) is 0 Å². The van der Waals surface area contributed by atoms with Crippen molar-refractivity contribution in [3.05, 3.63) is 108 Å². The average Bonchev–Trinajstić information content (AvgIpc) is 3.50. The number of rotatable bonds is 3. The Kier molecular flexibility index (Phi) is 5.99. The van der Waals surface area contributed by atoms with E-state index in [4.69, 9.17) is 41.1 Å². The van der Waals surface area contributed by atoms with Crippen molar-refractivity contribution in [1.82, 2.24) is 15.0 Å². The van der Waals surface area contributed by atoms with Gasteiger partial charge in [-0.2, -0.15) is 4.80 Å². The fourth-order valence-electron chi connectivity index (χ4n) is 5.32. The molecule has 1 aromatic heterocycles. The Balaban J connectivity index is 0.000000305. The Hall–Kier alpha value is -3.27. The molecule has 0 aliphatic heterocycles. The fourth-order valence-corrected chi connectivity index (χ4v) is 5.32. The van der Waals surface area contributed by atoms with Gasteiger partial charge in [-0.1, -0.05) is 78.9 Å².